The van der Waals surface area contributed by atoms with Gasteiger partial charge in [-0.1, -0.05) is 35.9 Å². The van der Waals surface area contributed by atoms with E-state index in [1.54, 1.807) is 42.5 Å². The van der Waals surface area contributed by atoms with Crippen LogP contribution in [0, 0.1) is 6.92 Å². The van der Waals surface area contributed by atoms with Gasteiger partial charge in [-0.05, 0) is 89.6 Å². The zero-order valence-corrected chi connectivity index (χ0v) is 22.6. The predicted octanol–water partition coefficient (Wildman–Crippen LogP) is 6.49. The summed E-state index contributed by atoms with van der Waals surface area (Å²) in [7, 11) is 0. The van der Waals surface area contributed by atoms with Crippen LogP contribution in [-0.4, -0.2) is 41.8 Å². The molecule has 0 aromatic heterocycles. The van der Waals surface area contributed by atoms with Crippen LogP contribution in [0.3, 0.4) is 0 Å². The number of rotatable bonds is 9. The van der Waals surface area contributed by atoms with E-state index in [1.165, 1.54) is 4.90 Å². The molecule has 1 saturated heterocycles. The Bertz CT molecular complexity index is 1340. The summed E-state index contributed by atoms with van der Waals surface area (Å²) in [6.07, 6.45) is 1.61. The Morgan fingerprint density at radius 3 is 2.46 bits per heavy atom. The molecule has 4 rings (SSSR count). The quantitative estimate of drug-likeness (QED) is 0.162. The van der Waals surface area contributed by atoms with Crippen LogP contribution in [-0.2, 0) is 4.79 Å². The first-order valence-corrected chi connectivity index (χ1v) is 13.1. The zero-order chi connectivity index (χ0) is 26.4. The molecule has 1 aliphatic heterocycles. The van der Waals surface area contributed by atoms with Gasteiger partial charge < -0.3 is 14.2 Å². The Morgan fingerprint density at radius 2 is 1.76 bits per heavy atom. The third-order valence-corrected chi connectivity index (χ3v) is 6.81. The number of imide groups is 1. The van der Waals surface area contributed by atoms with Gasteiger partial charge in [0.15, 0.2) is 11.5 Å². The van der Waals surface area contributed by atoms with Gasteiger partial charge in [-0.15, -0.1) is 0 Å². The molecule has 0 N–H and O–H groups in total. The number of carbonyl (C=O) groups is 3. The Balaban J connectivity index is 1.48. The fourth-order valence-corrected chi connectivity index (χ4v) is 4.90. The highest BCUT2D eigenvalue weighted by Crippen LogP contribution is 2.39. The van der Waals surface area contributed by atoms with Crippen LogP contribution < -0.4 is 14.2 Å². The van der Waals surface area contributed by atoms with E-state index in [-0.39, 0.29) is 29.0 Å². The van der Waals surface area contributed by atoms with Crippen molar-refractivity contribution in [2.24, 2.45) is 0 Å². The maximum absolute atomic E-state index is 12.9. The van der Waals surface area contributed by atoms with Gasteiger partial charge in [-0.25, -0.2) is 4.79 Å². The summed E-state index contributed by atoms with van der Waals surface area (Å²) in [4.78, 5) is 39.4. The maximum Gasteiger partial charge on any atom is 0.343 e. The topological polar surface area (TPSA) is 82.1 Å². The molecule has 9 heteroatoms. The summed E-state index contributed by atoms with van der Waals surface area (Å²) in [5.41, 5.74) is 2.13. The first kappa shape index (κ1) is 26.5. The summed E-state index contributed by atoms with van der Waals surface area (Å²) in [5, 5.41) is -0.360. The van der Waals surface area contributed by atoms with Gasteiger partial charge in [0.25, 0.3) is 11.1 Å². The highest BCUT2D eigenvalue weighted by atomic mass is 79.9. The molecule has 7 nitrogen and oxygen atoms in total. The maximum atomic E-state index is 12.9. The molecule has 0 radical (unpaired) electrons. The first-order chi connectivity index (χ1) is 17.9. The molecular formula is C28H24BrNO6S. The lowest BCUT2D eigenvalue weighted by Crippen LogP contribution is -2.32. The van der Waals surface area contributed by atoms with Gasteiger partial charge in [0.1, 0.15) is 12.4 Å². The third-order valence-electron chi connectivity index (χ3n) is 5.31. The molecule has 1 aliphatic rings. The molecule has 0 bridgehead atoms. The van der Waals surface area contributed by atoms with E-state index in [4.69, 9.17) is 14.2 Å². The summed E-state index contributed by atoms with van der Waals surface area (Å²) in [6.45, 7) is 4.46. The number of thioether (sulfide) groups is 1. The van der Waals surface area contributed by atoms with Crippen molar-refractivity contribution < 1.29 is 28.6 Å². The number of aryl methyl sites for hydroxylation is 1. The van der Waals surface area contributed by atoms with E-state index < -0.39 is 11.9 Å². The predicted molar refractivity (Wildman–Crippen MR) is 146 cm³/mol. The molecule has 3 aromatic rings. The highest BCUT2D eigenvalue weighted by Gasteiger charge is 2.35. The van der Waals surface area contributed by atoms with E-state index in [0.717, 1.165) is 17.3 Å². The van der Waals surface area contributed by atoms with Crippen LogP contribution in [0.5, 0.6) is 17.2 Å². The van der Waals surface area contributed by atoms with Gasteiger partial charge in [0.05, 0.1) is 28.1 Å². The van der Waals surface area contributed by atoms with Crippen molar-refractivity contribution in [1.29, 1.82) is 0 Å². The number of ether oxygens (including phenoxy) is 3. The fraction of sp³-hybridized carbons (Fsp3) is 0.179. The third kappa shape index (κ3) is 6.61. The van der Waals surface area contributed by atoms with Crippen LogP contribution in [0.2, 0.25) is 0 Å². The number of esters is 1. The highest BCUT2D eigenvalue weighted by molar-refractivity contribution is 9.10. The van der Waals surface area contributed by atoms with Crippen LogP contribution in [0.1, 0.15) is 28.4 Å². The SMILES string of the molecule is CCOc1cc(/C=C2\SC(=O)N(CCOc3ccc(C)cc3)C2=O)cc(Br)c1OC(=O)c1ccccc1. The van der Waals surface area contributed by atoms with Crippen molar-refractivity contribution in [2.45, 2.75) is 13.8 Å². The molecule has 0 saturated carbocycles. The zero-order valence-electron chi connectivity index (χ0n) is 20.2. The van der Waals surface area contributed by atoms with E-state index in [2.05, 4.69) is 15.9 Å². The number of amides is 2. The van der Waals surface area contributed by atoms with Gasteiger partial charge in [-0.2, -0.15) is 0 Å². The lowest BCUT2D eigenvalue weighted by atomic mass is 10.1. The monoisotopic (exact) mass is 581 g/mol. The Kier molecular flexibility index (Phi) is 8.68. The van der Waals surface area contributed by atoms with Crippen molar-refractivity contribution >= 4 is 50.9 Å². The lowest BCUT2D eigenvalue weighted by molar-refractivity contribution is -0.123. The minimum absolute atomic E-state index is 0.137. The van der Waals surface area contributed by atoms with Crippen LogP contribution in [0.15, 0.2) is 76.1 Å². The molecule has 37 heavy (non-hydrogen) atoms. The second-order valence-electron chi connectivity index (χ2n) is 8.01. The van der Waals surface area contributed by atoms with Gasteiger partial charge in [-0.3, -0.25) is 14.5 Å². The Labute approximate surface area is 227 Å². The number of hydrogen-bond acceptors (Lipinski definition) is 7. The largest absolute Gasteiger partial charge is 0.492 e. The number of hydrogen-bond donors (Lipinski definition) is 0. The van der Waals surface area contributed by atoms with Crippen molar-refractivity contribution in [3.05, 3.63) is 92.8 Å². The number of carbonyl (C=O) groups excluding carboxylic acids is 3. The molecule has 0 atom stereocenters. The summed E-state index contributed by atoms with van der Waals surface area (Å²) in [6, 6.07) is 19.5. The van der Waals surface area contributed by atoms with Crippen LogP contribution in [0.4, 0.5) is 4.79 Å². The Morgan fingerprint density at radius 1 is 1.03 bits per heavy atom. The van der Waals surface area contributed by atoms with Crippen LogP contribution in [0.25, 0.3) is 6.08 Å². The fourth-order valence-electron chi connectivity index (χ4n) is 3.49. The average Bonchev–Trinajstić information content (AvgIpc) is 3.15. The number of nitrogens with zero attached hydrogens (tertiary/aromatic N) is 1. The van der Waals surface area contributed by atoms with Crippen molar-refractivity contribution in [3.63, 3.8) is 0 Å². The molecule has 0 aliphatic carbocycles. The van der Waals surface area contributed by atoms with E-state index >= 15 is 0 Å². The summed E-state index contributed by atoms with van der Waals surface area (Å²) >= 11 is 4.31. The number of benzene rings is 3. The molecular weight excluding hydrogens is 558 g/mol. The molecule has 1 heterocycles. The smallest absolute Gasteiger partial charge is 0.343 e. The van der Waals surface area contributed by atoms with Gasteiger partial charge in [0.2, 0.25) is 0 Å². The molecule has 0 unspecified atom stereocenters. The minimum atomic E-state index is -0.524. The summed E-state index contributed by atoms with van der Waals surface area (Å²) < 4.78 is 17.5. The lowest BCUT2D eigenvalue weighted by Gasteiger charge is -2.14. The average molecular weight is 582 g/mol. The van der Waals surface area contributed by atoms with Gasteiger partial charge >= 0.3 is 5.97 Å². The second-order valence-corrected chi connectivity index (χ2v) is 9.86. The summed E-state index contributed by atoms with van der Waals surface area (Å²) in [5.74, 6) is 0.321. The second kappa shape index (κ2) is 12.1. The molecule has 1 fully saturated rings. The molecule has 3 aromatic carbocycles. The van der Waals surface area contributed by atoms with E-state index in [1.807, 2.05) is 44.2 Å². The van der Waals surface area contributed by atoms with Crippen molar-refractivity contribution in [1.82, 2.24) is 4.90 Å². The van der Waals surface area contributed by atoms with Crippen LogP contribution >= 0.6 is 27.7 Å². The van der Waals surface area contributed by atoms with Crippen molar-refractivity contribution in [2.75, 3.05) is 19.8 Å². The molecule has 2 amide bonds. The standard InChI is InChI=1S/C28H24BrNO6S/c1-3-34-23-16-19(15-22(29)25(23)36-27(32)20-7-5-4-6-8-20)17-24-26(31)30(28(33)37-24)13-14-35-21-11-9-18(2)10-12-21/h4-12,15-17H,3,13-14H2,1-2H3/b24-17-. The van der Waals surface area contributed by atoms with E-state index in [0.29, 0.717) is 33.7 Å². The van der Waals surface area contributed by atoms with E-state index in [9.17, 15) is 14.4 Å². The molecule has 190 valence electrons. The Hall–Kier alpha value is -3.56. The molecule has 0 spiro atoms. The van der Waals surface area contributed by atoms with Crippen molar-refractivity contribution in [3.8, 4) is 17.2 Å². The van der Waals surface area contributed by atoms with Gasteiger partial charge in [0, 0.05) is 0 Å². The minimum Gasteiger partial charge on any atom is -0.492 e. The number of halogens is 1. The first-order valence-electron chi connectivity index (χ1n) is 11.5. The normalized spacial score (nSPS) is 14.2.